The number of carboxylic acids is 1. The minimum absolute atomic E-state index is 0.0596. The maximum atomic E-state index is 10.6. The molecule has 3 aromatic rings. The number of nitrogens with one attached hydrogen (secondary N) is 1. The summed E-state index contributed by atoms with van der Waals surface area (Å²) in [6.45, 7) is 0. The van der Waals surface area contributed by atoms with Crippen LogP contribution in [-0.2, 0) is 11.2 Å². The molecule has 4 N–H and O–H groups in total. The summed E-state index contributed by atoms with van der Waals surface area (Å²) >= 11 is 1.52. The van der Waals surface area contributed by atoms with E-state index in [1.807, 2.05) is 53.9 Å². The summed E-state index contributed by atoms with van der Waals surface area (Å²) in [6.07, 6.45) is 0.546. The Morgan fingerprint density at radius 1 is 1.04 bits per heavy atom. The molecule has 5 nitrogen and oxygen atoms in total. The Labute approximate surface area is 149 Å². The molecule has 0 spiro atoms. The second kappa shape index (κ2) is 7.27. The Kier molecular flexibility index (Phi) is 4.90. The van der Waals surface area contributed by atoms with Crippen molar-refractivity contribution in [3.05, 3.63) is 65.2 Å². The highest BCUT2D eigenvalue weighted by atomic mass is 32.1. The summed E-state index contributed by atoms with van der Waals surface area (Å²) in [5.41, 5.74) is 10.1. The molecule has 25 heavy (non-hydrogen) atoms. The summed E-state index contributed by atoms with van der Waals surface area (Å²) in [6, 6.07) is 15.6. The lowest BCUT2D eigenvalue weighted by Gasteiger charge is -2.04. The van der Waals surface area contributed by atoms with Crippen LogP contribution in [0.1, 0.15) is 17.7 Å². The smallest absolute Gasteiger partial charge is 0.303 e. The van der Waals surface area contributed by atoms with Crippen LogP contribution in [0.4, 0.5) is 0 Å². The first kappa shape index (κ1) is 16.9. The number of nitrogens with zero attached hydrogens (tertiary/aromatic N) is 1. The molecule has 0 atom stereocenters. The number of amidine groups is 1. The standard InChI is InChI=1S/C19H17N3O2S/c20-18(21)14-5-1-12(2-6-14)13-3-7-15(8-4-13)19-22-16(11-25-19)9-10-17(23)24/h1-8,11H,9-10H2,(H3,20,21)(H,23,24). The van der Waals surface area contributed by atoms with E-state index in [1.54, 1.807) is 0 Å². The molecule has 6 heteroatoms. The van der Waals surface area contributed by atoms with Crippen molar-refractivity contribution in [1.82, 2.24) is 4.98 Å². The van der Waals surface area contributed by atoms with Crippen molar-refractivity contribution in [1.29, 1.82) is 5.41 Å². The van der Waals surface area contributed by atoms with E-state index in [1.165, 1.54) is 11.3 Å². The zero-order valence-electron chi connectivity index (χ0n) is 13.4. The molecule has 0 bridgehead atoms. The Balaban J connectivity index is 1.76. The van der Waals surface area contributed by atoms with Crippen LogP contribution in [0.3, 0.4) is 0 Å². The predicted molar refractivity (Wildman–Crippen MR) is 100.0 cm³/mol. The van der Waals surface area contributed by atoms with Gasteiger partial charge in [0.1, 0.15) is 10.8 Å². The Hall–Kier alpha value is -2.99. The van der Waals surface area contributed by atoms with E-state index < -0.39 is 5.97 Å². The van der Waals surface area contributed by atoms with E-state index >= 15 is 0 Å². The fourth-order valence-corrected chi connectivity index (χ4v) is 3.30. The quantitative estimate of drug-likeness (QED) is 0.465. The highest BCUT2D eigenvalue weighted by Crippen LogP contribution is 2.27. The van der Waals surface area contributed by atoms with Gasteiger partial charge in [0.15, 0.2) is 0 Å². The van der Waals surface area contributed by atoms with Gasteiger partial charge >= 0.3 is 5.97 Å². The van der Waals surface area contributed by atoms with Gasteiger partial charge in [-0.2, -0.15) is 0 Å². The predicted octanol–water partition coefficient (Wildman–Crippen LogP) is 3.78. The first-order valence-corrected chi connectivity index (χ1v) is 8.62. The number of aryl methyl sites for hydroxylation is 1. The van der Waals surface area contributed by atoms with Crippen LogP contribution in [-0.4, -0.2) is 21.9 Å². The van der Waals surface area contributed by atoms with Gasteiger partial charge in [-0.05, 0) is 11.1 Å². The van der Waals surface area contributed by atoms with Crippen molar-refractivity contribution in [2.24, 2.45) is 5.73 Å². The highest BCUT2D eigenvalue weighted by molar-refractivity contribution is 7.13. The number of carboxylic acid groups (broad SMARTS) is 1. The zero-order chi connectivity index (χ0) is 17.8. The van der Waals surface area contributed by atoms with Gasteiger partial charge < -0.3 is 10.8 Å². The average molecular weight is 351 g/mol. The maximum Gasteiger partial charge on any atom is 0.303 e. The molecule has 0 aliphatic carbocycles. The molecule has 0 unspecified atom stereocenters. The maximum absolute atomic E-state index is 10.6. The van der Waals surface area contributed by atoms with Crippen LogP contribution < -0.4 is 5.73 Å². The number of carbonyl (C=O) groups is 1. The van der Waals surface area contributed by atoms with Crippen molar-refractivity contribution in [2.45, 2.75) is 12.8 Å². The monoisotopic (exact) mass is 351 g/mol. The lowest BCUT2D eigenvalue weighted by molar-refractivity contribution is -0.136. The van der Waals surface area contributed by atoms with Gasteiger partial charge in [0, 0.05) is 22.9 Å². The number of hydrogen-bond acceptors (Lipinski definition) is 4. The molecule has 0 saturated carbocycles. The summed E-state index contributed by atoms with van der Waals surface area (Å²) in [5.74, 6) is -0.751. The molecule has 0 amide bonds. The minimum Gasteiger partial charge on any atom is -0.481 e. The van der Waals surface area contributed by atoms with Crippen molar-refractivity contribution < 1.29 is 9.90 Å². The van der Waals surface area contributed by atoms with E-state index in [0.29, 0.717) is 12.0 Å². The molecule has 0 aliphatic heterocycles. The SMILES string of the molecule is N=C(N)c1ccc(-c2ccc(-c3nc(CCC(=O)O)cs3)cc2)cc1. The molecule has 0 saturated heterocycles. The summed E-state index contributed by atoms with van der Waals surface area (Å²) in [5, 5.41) is 19.0. The Morgan fingerprint density at radius 2 is 1.60 bits per heavy atom. The third-order valence-electron chi connectivity index (χ3n) is 3.81. The number of rotatable bonds is 6. The molecule has 3 rings (SSSR count). The number of aliphatic carboxylic acids is 1. The number of benzene rings is 2. The summed E-state index contributed by atoms with van der Waals surface area (Å²) in [7, 11) is 0. The molecular formula is C19H17N3O2S. The van der Waals surface area contributed by atoms with Crippen LogP contribution in [0.2, 0.25) is 0 Å². The van der Waals surface area contributed by atoms with Gasteiger partial charge in [0.2, 0.25) is 0 Å². The van der Waals surface area contributed by atoms with Crippen molar-refractivity contribution in [3.63, 3.8) is 0 Å². The first-order chi connectivity index (χ1) is 12.0. The lowest BCUT2D eigenvalue weighted by Crippen LogP contribution is -2.10. The third kappa shape index (κ3) is 4.10. The highest BCUT2D eigenvalue weighted by Gasteiger charge is 2.07. The lowest BCUT2D eigenvalue weighted by atomic mass is 10.0. The van der Waals surface area contributed by atoms with Crippen molar-refractivity contribution in [3.8, 4) is 21.7 Å². The Morgan fingerprint density at radius 3 is 2.16 bits per heavy atom. The summed E-state index contributed by atoms with van der Waals surface area (Å²) < 4.78 is 0. The van der Waals surface area contributed by atoms with Crippen LogP contribution in [0, 0.1) is 5.41 Å². The zero-order valence-corrected chi connectivity index (χ0v) is 14.2. The van der Waals surface area contributed by atoms with E-state index in [9.17, 15) is 4.79 Å². The second-order valence-electron chi connectivity index (χ2n) is 5.61. The Bertz CT molecular complexity index is 899. The fourth-order valence-electron chi connectivity index (χ4n) is 2.44. The number of nitrogens with two attached hydrogens (primary N) is 1. The average Bonchev–Trinajstić information content (AvgIpc) is 3.09. The van der Waals surface area contributed by atoms with Crippen LogP contribution in [0.25, 0.3) is 21.7 Å². The van der Waals surface area contributed by atoms with E-state index in [-0.39, 0.29) is 12.3 Å². The molecule has 2 aromatic carbocycles. The van der Waals surface area contributed by atoms with Crippen LogP contribution in [0.15, 0.2) is 53.9 Å². The van der Waals surface area contributed by atoms with Crippen molar-refractivity contribution >= 4 is 23.1 Å². The van der Waals surface area contributed by atoms with E-state index in [0.717, 1.165) is 27.4 Å². The van der Waals surface area contributed by atoms with Gasteiger partial charge in [-0.25, -0.2) is 4.98 Å². The molecule has 0 radical (unpaired) electrons. The number of thiazole rings is 1. The van der Waals surface area contributed by atoms with Gasteiger partial charge in [0.05, 0.1) is 12.1 Å². The molecule has 126 valence electrons. The van der Waals surface area contributed by atoms with Gasteiger partial charge in [-0.3, -0.25) is 10.2 Å². The molecular weight excluding hydrogens is 334 g/mol. The number of aromatic nitrogens is 1. The topological polar surface area (TPSA) is 100 Å². The first-order valence-electron chi connectivity index (χ1n) is 7.74. The van der Waals surface area contributed by atoms with Crippen LogP contribution >= 0.6 is 11.3 Å². The molecule has 0 aliphatic rings. The van der Waals surface area contributed by atoms with E-state index in [4.69, 9.17) is 16.2 Å². The summed E-state index contributed by atoms with van der Waals surface area (Å²) in [4.78, 5) is 15.1. The van der Waals surface area contributed by atoms with Crippen molar-refractivity contribution in [2.75, 3.05) is 0 Å². The van der Waals surface area contributed by atoms with Gasteiger partial charge in [-0.15, -0.1) is 11.3 Å². The normalized spacial score (nSPS) is 10.6. The minimum atomic E-state index is -0.810. The number of nitrogen functional groups attached to an aromatic ring is 1. The van der Waals surface area contributed by atoms with Gasteiger partial charge in [-0.1, -0.05) is 48.5 Å². The molecule has 1 aromatic heterocycles. The largest absolute Gasteiger partial charge is 0.481 e. The third-order valence-corrected chi connectivity index (χ3v) is 4.75. The second-order valence-corrected chi connectivity index (χ2v) is 6.46. The fraction of sp³-hybridized carbons (Fsp3) is 0.105. The van der Waals surface area contributed by atoms with Gasteiger partial charge in [0.25, 0.3) is 0 Å². The molecule has 0 fully saturated rings. The van der Waals surface area contributed by atoms with E-state index in [2.05, 4.69) is 4.98 Å². The molecule has 1 heterocycles. The number of hydrogen-bond donors (Lipinski definition) is 3. The van der Waals surface area contributed by atoms with Crippen LogP contribution in [0.5, 0.6) is 0 Å².